The third kappa shape index (κ3) is 3.02. The van der Waals surface area contributed by atoms with E-state index in [1.807, 2.05) is 24.0 Å². The number of hydrogen-bond donors (Lipinski definition) is 0. The van der Waals surface area contributed by atoms with Crippen LogP contribution >= 0.6 is 11.5 Å². The third-order valence-electron chi connectivity index (χ3n) is 5.08. The Labute approximate surface area is 149 Å². The van der Waals surface area contributed by atoms with Crippen LogP contribution in [0.2, 0.25) is 0 Å². The summed E-state index contributed by atoms with van der Waals surface area (Å²) in [5.74, 6) is 0.172. The lowest BCUT2D eigenvalue weighted by atomic mass is 9.88. The Balaban J connectivity index is 1.45. The number of aromatic nitrogens is 3. The van der Waals surface area contributed by atoms with Gasteiger partial charge < -0.3 is 9.80 Å². The van der Waals surface area contributed by atoms with Gasteiger partial charge >= 0.3 is 0 Å². The lowest BCUT2D eigenvalue weighted by Crippen LogP contribution is -2.44. The number of piperidine rings is 1. The predicted octanol–water partition coefficient (Wildman–Crippen LogP) is 1.36. The maximum atomic E-state index is 12.9. The second-order valence-electron chi connectivity index (χ2n) is 6.66. The average Bonchev–Trinajstić information content (AvgIpc) is 3.24. The SMILES string of the molecule is Cc1snnc1C(=O)N1C[C@H]2CCN(Cc3cccnc3)C(=O)[C@H]2C1. The van der Waals surface area contributed by atoms with Gasteiger partial charge in [-0.1, -0.05) is 10.6 Å². The normalized spacial score (nSPS) is 23.0. The quantitative estimate of drug-likeness (QED) is 0.829. The summed E-state index contributed by atoms with van der Waals surface area (Å²) in [4.78, 5) is 34.1. The molecular weight excluding hydrogens is 338 g/mol. The molecule has 4 heterocycles. The smallest absolute Gasteiger partial charge is 0.275 e. The highest BCUT2D eigenvalue weighted by molar-refractivity contribution is 7.05. The Kier molecular flexibility index (Phi) is 4.20. The number of nitrogens with zero attached hydrogens (tertiary/aromatic N) is 5. The molecule has 0 saturated carbocycles. The lowest BCUT2D eigenvalue weighted by Gasteiger charge is -2.33. The van der Waals surface area contributed by atoms with Crippen molar-refractivity contribution in [3.8, 4) is 0 Å². The Morgan fingerprint density at radius 3 is 3.00 bits per heavy atom. The van der Waals surface area contributed by atoms with E-state index in [1.165, 1.54) is 11.5 Å². The maximum absolute atomic E-state index is 12.9. The van der Waals surface area contributed by atoms with Crippen molar-refractivity contribution in [1.82, 2.24) is 24.4 Å². The van der Waals surface area contributed by atoms with Gasteiger partial charge in [-0.05, 0) is 42.4 Å². The molecule has 7 nitrogen and oxygen atoms in total. The fourth-order valence-corrected chi connectivity index (χ4v) is 4.18. The van der Waals surface area contributed by atoms with E-state index in [-0.39, 0.29) is 23.7 Å². The number of fused-ring (bicyclic) bond motifs is 1. The van der Waals surface area contributed by atoms with Crippen molar-refractivity contribution in [2.24, 2.45) is 11.8 Å². The summed E-state index contributed by atoms with van der Waals surface area (Å²) in [6.07, 6.45) is 4.45. The van der Waals surface area contributed by atoms with Crippen molar-refractivity contribution in [3.63, 3.8) is 0 Å². The molecule has 2 saturated heterocycles. The van der Waals surface area contributed by atoms with Crippen molar-refractivity contribution in [1.29, 1.82) is 0 Å². The standard InChI is InChI=1S/C17H19N5O2S/c1-11-15(19-20-25-11)17(24)22-9-13-4-6-21(16(23)14(13)10-22)8-12-3-2-5-18-7-12/h2-3,5,7,13-14H,4,6,8-10H2,1H3/t13-,14+/m1/s1. The highest BCUT2D eigenvalue weighted by Crippen LogP contribution is 2.33. The van der Waals surface area contributed by atoms with Crippen LogP contribution in [0.3, 0.4) is 0 Å². The molecule has 2 aliphatic heterocycles. The Hall–Kier alpha value is -2.35. The van der Waals surface area contributed by atoms with E-state index < -0.39 is 0 Å². The van der Waals surface area contributed by atoms with E-state index in [9.17, 15) is 9.59 Å². The number of carbonyl (C=O) groups is 2. The summed E-state index contributed by atoms with van der Waals surface area (Å²) in [7, 11) is 0. The maximum Gasteiger partial charge on any atom is 0.275 e. The van der Waals surface area contributed by atoms with Crippen LogP contribution < -0.4 is 0 Å². The van der Waals surface area contributed by atoms with E-state index >= 15 is 0 Å². The second-order valence-corrected chi connectivity index (χ2v) is 7.62. The zero-order valence-electron chi connectivity index (χ0n) is 14.0. The highest BCUT2D eigenvalue weighted by Gasteiger charge is 2.44. The van der Waals surface area contributed by atoms with Crippen molar-refractivity contribution in [3.05, 3.63) is 40.7 Å². The van der Waals surface area contributed by atoms with E-state index in [2.05, 4.69) is 14.6 Å². The molecule has 8 heteroatoms. The van der Waals surface area contributed by atoms with Gasteiger partial charge in [0.25, 0.3) is 5.91 Å². The number of carbonyl (C=O) groups excluding carboxylic acids is 2. The molecule has 2 aromatic heterocycles. The van der Waals surface area contributed by atoms with Crippen LogP contribution in [0.1, 0.15) is 27.3 Å². The number of rotatable bonds is 3. The van der Waals surface area contributed by atoms with E-state index in [0.29, 0.717) is 25.3 Å². The zero-order valence-corrected chi connectivity index (χ0v) is 14.8. The van der Waals surface area contributed by atoms with Crippen molar-refractivity contribution >= 4 is 23.3 Å². The van der Waals surface area contributed by atoms with Crippen molar-refractivity contribution in [2.75, 3.05) is 19.6 Å². The average molecular weight is 357 g/mol. The van der Waals surface area contributed by atoms with Gasteiger partial charge in [0.05, 0.1) is 10.8 Å². The number of likely N-dealkylation sites (tertiary alicyclic amines) is 2. The Morgan fingerprint density at radius 2 is 2.28 bits per heavy atom. The van der Waals surface area contributed by atoms with Crippen LogP contribution in [0.15, 0.2) is 24.5 Å². The fraction of sp³-hybridized carbons (Fsp3) is 0.471. The van der Waals surface area contributed by atoms with E-state index in [4.69, 9.17) is 0 Å². The number of aryl methyl sites for hydroxylation is 1. The van der Waals surface area contributed by atoms with Gasteiger partial charge in [0.15, 0.2) is 5.69 Å². The molecule has 2 atom stereocenters. The van der Waals surface area contributed by atoms with E-state index in [1.54, 1.807) is 17.3 Å². The molecule has 2 aromatic rings. The monoisotopic (exact) mass is 357 g/mol. The minimum absolute atomic E-state index is 0.104. The predicted molar refractivity (Wildman–Crippen MR) is 91.8 cm³/mol. The summed E-state index contributed by atoms with van der Waals surface area (Å²) >= 11 is 1.23. The molecule has 0 spiro atoms. The van der Waals surface area contributed by atoms with Gasteiger partial charge in [-0.15, -0.1) is 5.10 Å². The first kappa shape index (κ1) is 16.1. The molecule has 2 fully saturated rings. The molecule has 2 amide bonds. The minimum Gasteiger partial charge on any atom is -0.338 e. The summed E-state index contributed by atoms with van der Waals surface area (Å²) in [6, 6.07) is 3.86. The first-order valence-electron chi connectivity index (χ1n) is 8.39. The summed E-state index contributed by atoms with van der Waals surface area (Å²) in [5, 5.41) is 3.94. The third-order valence-corrected chi connectivity index (χ3v) is 5.71. The van der Waals surface area contributed by atoms with Gasteiger partial charge in [-0.2, -0.15) is 0 Å². The fourth-order valence-electron chi connectivity index (χ4n) is 3.72. The summed E-state index contributed by atoms with van der Waals surface area (Å²) < 4.78 is 3.84. The summed E-state index contributed by atoms with van der Waals surface area (Å²) in [6.45, 7) is 4.27. The lowest BCUT2D eigenvalue weighted by molar-refractivity contribution is -0.140. The number of amides is 2. The van der Waals surface area contributed by atoms with E-state index in [0.717, 1.165) is 23.4 Å². The molecule has 0 N–H and O–H groups in total. The zero-order chi connectivity index (χ0) is 17.4. The van der Waals surface area contributed by atoms with Gasteiger partial charge in [0.2, 0.25) is 5.91 Å². The van der Waals surface area contributed by atoms with Crippen LogP contribution in [-0.2, 0) is 11.3 Å². The molecule has 0 bridgehead atoms. The molecule has 2 aliphatic rings. The molecule has 130 valence electrons. The summed E-state index contributed by atoms with van der Waals surface area (Å²) in [5.41, 5.74) is 1.45. The topological polar surface area (TPSA) is 79.3 Å². The van der Waals surface area contributed by atoms with Crippen LogP contribution in [0, 0.1) is 18.8 Å². The van der Waals surface area contributed by atoms with Crippen LogP contribution in [0.4, 0.5) is 0 Å². The first-order chi connectivity index (χ1) is 12.1. The van der Waals surface area contributed by atoms with Crippen molar-refractivity contribution in [2.45, 2.75) is 19.9 Å². The van der Waals surface area contributed by atoms with Gasteiger partial charge in [-0.25, -0.2) is 0 Å². The van der Waals surface area contributed by atoms with Gasteiger partial charge in [-0.3, -0.25) is 14.6 Å². The Bertz CT molecular complexity index is 793. The molecule has 4 rings (SSSR count). The molecule has 25 heavy (non-hydrogen) atoms. The minimum atomic E-state index is -0.110. The molecule has 0 aromatic carbocycles. The van der Waals surface area contributed by atoms with Crippen LogP contribution in [0.5, 0.6) is 0 Å². The Morgan fingerprint density at radius 1 is 1.40 bits per heavy atom. The number of pyridine rings is 1. The molecule has 0 aliphatic carbocycles. The largest absolute Gasteiger partial charge is 0.338 e. The molecule has 0 radical (unpaired) electrons. The van der Waals surface area contributed by atoms with Gasteiger partial charge in [0.1, 0.15) is 0 Å². The number of hydrogen-bond acceptors (Lipinski definition) is 6. The van der Waals surface area contributed by atoms with Crippen molar-refractivity contribution < 1.29 is 9.59 Å². The van der Waals surface area contributed by atoms with Crippen LogP contribution in [-0.4, -0.2) is 55.8 Å². The molecular formula is C17H19N5O2S. The highest BCUT2D eigenvalue weighted by atomic mass is 32.1. The first-order valence-corrected chi connectivity index (χ1v) is 9.16. The second kappa shape index (κ2) is 6.51. The molecule has 0 unspecified atom stereocenters. The van der Waals surface area contributed by atoms with Crippen LogP contribution in [0.25, 0.3) is 0 Å². The van der Waals surface area contributed by atoms with Gasteiger partial charge in [0, 0.05) is 38.6 Å².